The van der Waals surface area contributed by atoms with Gasteiger partial charge in [-0.2, -0.15) is 0 Å². The van der Waals surface area contributed by atoms with Crippen molar-refractivity contribution >= 4 is 68.2 Å². The van der Waals surface area contributed by atoms with Crippen molar-refractivity contribution < 1.29 is 4.42 Å². The number of aryl methyl sites for hydroxylation is 1. The van der Waals surface area contributed by atoms with Crippen LogP contribution in [0, 0.1) is 6.92 Å². The Bertz CT molecular complexity index is 2990. The standard InChI is InChI=1S/C57H55BN2O/c1-36-30-51-54-52(31-36)60(48-26-21-42(56(5,6)7)34-45(48)37-14-12-11-13-15-37)50-25-18-39(40-17-16-38-28-29-61-53(38)33-40)32-46(50)58(54)47-35-43(57(8,9)10)22-27-49(47)59(51)44-23-19-41(20-24-44)55(2,3)4/h11-35H,1-10H3. The highest BCUT2D eigenvalue weighted by Gasteiger charge is 2.44. The first-order valence-electron chi connectivity index (χ1n) is 21.9. The van der Waals surface area contributed by atoms with Crippen molar-refractivity contribution in [2.24, 2.45) is 0 Å². The first-order valence-corrected chi connectivity index (χ1v) is 21.9. The molecule has 3 nitrogen and oxygen atoms in total. The van der Waals surface area contributed by atoms with Crippen LogP contribution >= 0.6 is 0 Å². The first-order chi connectivity index (χ1) is 29.0. The van der Waals surface area contributed by atoms with E-state index in [0.717, 1.165) is 16.5 Å². The summed E-state index contributed by atoms with van der Waals surface area (Å²) in [5.74, 6) is 0. The van der Waals surface area contributed by atoms with Gasteiger partial charge in [-0.05, 0) is 139 Å². The fraction of sp³-hybridized carbons (Fsp3) is 0.228. The molecule has 0 saturated heterocycles. The van der Waals surface area contributed by atoms with Crippen molar-refractivity contribution in [1.82, 2.24) is 0 Å². The maximum Gasteiger partial charge on any atom is 0.252 e. The molecule has 2 aliphatic heterocycles. The molecule has 0 radical (unpaired) electrons. The molecule has 2 aliphatic rings. The third-order valence-electron chi connectivity index (χ3n) is 13.0. The predicted octanol–water partition coefficient (Wildman–Crippen LogP) is 14.1. The lowest BCUT2D eigenvalue weighted by Crippen LogP contribution is -2.61. The van der Waals surface area contributed by atoms with Crippen LogP contribution in [-0.4, -0.2) is 6.71 Å². The Labute approximate surface area is 362 Å². The van der Waals surface area contributed by atoms with Gasteiger partial charge in [0.25, 0.3) is 6.71 Å². The average molecular weight is 795 g/mol. The molecule has 0 fully saturated rings. The molecule has 0 spiro atoms. The van der Waals surface area contributed by atoms with E-state index >= 15 is 0 Å². The van der Waals surface area contributed by atoms with Crippen LogP contribution < -0.4 is 26.2 Å². The van der Waals surface area contributed by atoms with Crippen LogP contribution in [0.2, 0.25) is 0 Å². The number of hydrogen-bond donors (Lipinski definition) is 0. The number of anilines is 6. The smallest absolute Gasteiger partial charge is 0.252 e. The molecule has 0 unspecified atom stereocenters. The van der Waals surface area contributed by atoms with Crippen LogP contribution in [0.3, 0.4) is 0 Å². The highest BCUT2D eigenvalue weighted by Crippen LogP contribution is 2.48. The van der Waals surface area contributed by atoms with Crippen molar-refractivity contribution in [2.75, 3.05) is 9.80 Å². The minimum Gasteiger partial charge on any atom is -0.464 e. The summed E-state index contributed by atoms with van der Waals surface area (Å²) in [6.07, 6.45) is 1.78. The van der Waals surface area contributed by atoms with E-state index < -0.39 is 0 Å². The summed E-state index contributed by atoms with van der Waals surface area (Å²) in [6.45, 7) is 23.0. The molecule has 0 saturated carbocycles. The van der Waals surface area contributed by atoms with Gasteiger partial charge in [0.05, 0.1) is 12.0 Å². The summed E-state index contributed by atoms with van der Waals surface area (Å²) < 4.78 is 5.94. The van der Waals surface area contributed by atoms with E-state index in [4.69, 9.17) is 4.42 Å². The van der Waals surface area contributed by atoms with Gasteiger partial charge in [-0.25, -0.2) is 0 Å². The van der Waals surface area contributed by atoms with E-state index in [1.807, 2.05) is 6.07 Å². The monoisotopic (exact) mass is 794 g/mol. The zero-order valence-electron chi connectivity index (χ0n) is 37.3. The molecule has 61 heavy (non-hydrogen) atoms. The number of furan rings is 1. The second kappa shape index (κ2) is 13.9. The quantitative estimate of drug-likeness (QED) is 0.165. The van der Waals surface area contributed by atoms with Gasteiger partial charge >= 0.3 is 0 Å². The predicted molar refractivity (Wildman–Crippen MR) is 262 cm³/mol. The van der Waals surface area contributed by atoms with Gasteiger partial charge in [0.15, 0.2) is 0 Å². The minimum atomic E-state index is -0.0339. The lowest BCUT2D eigenvalue weighted by Gasteiger charge is -2.45. The molecular formula is C57H55BN2O. The summed E-state index contributed by atoms with van der Waals surface area (Å²) in [6, 6.07) is 55.3. The van der Waals surface area contributed by atoms with E-state index in [1.54, 1.807) is 6.26 Å². The van der Waals surface area contributed by atoms with Gasteiger partial charge in [-0.15, -0.1) is 0 Å². The molecule has 8 aromatic rings. The van der Waals surface area contributed by atoms with E-state index in [-0.39, 0.29) is 23.0 Å². The summed E-state index contributed by atoms with van der Waals surface area (Å²) in [5.41, 5.74) is 22.0. The molecule has 7 aromatic carbocycles. The highest BCUT2D eigenvalue weighted by molar-refractivity contribution is 7.00. The second-order valence-corrected chi connectivity index (χ2v) is 20.4. The van der Waals surface area contributed by atoms with Gasteiger partial charge in [0, 0.05) is 39.4 Å². The SMILES string of the molecule is Cc1cc2c3c(c1)N(c1ccc(C(C)(C)C)cc1-c1ccccc1)c1ccc(-c4ccc5ccoc5c4)cc1B3c1cc(C(C)(C)C)ccc1N2c1ccc(C(C)(C)C)cc1. The Morgan fingerprint density at radius 1 is 0.443 bits per heavy atom. The fourth-order valence-corrected chi connectivity index (χ4v) is 9.62. The molecule has 302 valence electrons. The first kappa shape index (κ1) is 38.9. The largest absolute Gasteiger partial charge is 0.464 e. The second-order valence-electron chi connectivity index (χ2n) is 20.4. The zero-order valence-corrected chi connectivity index (χ0v) is 37.3. The lowest BCUT2D eigenvalue weighted by atomic mass is 9.33. The van der Waals surface area contributed by atoms with Gasteiger partial charge < -0.3 is 14.2 Å². The van der Waals surface area contributed by atoms with E-state index in [1.165, 1.54) is 89.5 Å². The Hall–Kier alpha value is -6.26. The van der Waals surface area contributed by atoms with Gasteiger partial charge in [-0.1, -0.05) is 147 Å². The molecule has 0 atom stereocenters. The molecule has 4 heteroatoms. The van der Waals surface area contributed by atoms with Gasteiger partial charge in [0.1, 0.15) is 5.58 Å². The Kier molecular flexibility index (Phi) is 8.86. The highest BCUT2D eigenvalue weighted by atomic mass is 16.3. The zero-order chi connectivity index (χ0) is 42.6. The van der Waals surface area contributed by atoms with Gasteiger partial charge in [0.2, 0.25) is 0 Å². The number of nitrogens with zero attached hydrogens (tertiary/aromatic N) is 2. The van der Waals surface area contributed by atoms with Crippen LogP contribution in [-0.2, 0) is 16.2 Å². The molecule has 3 heterocycles. The number of benzene rings is 7. The van der Waals surface area contributed by atoms with Crippen molar-refractivity contribution in [3.8, 4) is 22.3 Å². The summed E-state index contributed by atoms with van der Waals surface area (Å²) >= 11 is 0. The number of fused-ring (bicyclic) bond motifs is 5. The maximum atomic E-state index is 5.94. The average Bonchev–Trinajstić information content (AvgIpc) is 3.71. The third kappa shape index (κ3) is 6.59. The van der Waals surface area contributed by atoms with Crippen molar-refractivity contribution in [3.63, 3.8) is 0 Å². The topological polar surface area (TPSA) is 19.6 Å². The molecule has 0 bridgehead atoms. The van der Waals surface area contributed by atoms with E-state index in [2.05, 4.69) is 219 Å². The van der Waals surface area contributed by atoms with Crippen molar-refractivity contribution in [1.29, 1.82) is 0 Å². The molecule has 1 aromatic heterocycles. The van der Waals surface area contributed by atoms with E-state index in [9.17, 15) is 0 Å². The molecular weight excluding hydrogens is 739 g/mol. The Balaban J connectivity index is 1.30. The van der Waals surface area contributed by atoms with E-state index in [0.29, 0.717) is 0 Å². The lowest BCUT2D eigenvalue weighted by molar-refractivity contribution is 0.590. The Morgan fingerprint density at radius 2 is 1.00 bits per heavy atom. The number of rotatable bonds is 4. The molecule has 0 amide bonds. The third-order valence-corrected chi connectivity index (χ3v) is 13.0. The summed E-state index contributed by atoms with van der Waals surface area (Å²) in [4.78, 5) is 5.11. The van der Waals surface area contributed by atoms with Crippen molar-refractivity contribution in [2.45, 2.75) is 85.5 Å². The fourth-order valence-electron chi connectivity index (χ4n) is 9.62. The van der Waals surface area contributed by atoms with Crippen LogP contribution in [0.4, 0.5) is 34.1 Å². The van der Waals surface area contributed by atoms with Crippen LogP contribution in [0.5, 0.6) is 0 Å². The molecule has 0 N–H and O–H groups in total. The summed E-state index contributed by atoms with van der Waals surface area (Å²) in [7, 11) is 0. The maximum absolute atomic E-state index is 5.94. The minimum absolute atomic E-state index is 0.0134. The summed E-state index contributed by atoms with van der Waals surface area (Å²) in [5, 5.41) is 1.11. The van der Waals surface area contributed by atoms with Crippen molar-refractivity contribution in [3.05, 3.63) is 174 Å². The van der Waals surface area contributed by atoms with Crippen LogP contribution in [0.25, 0.3) is 33.2 Å². The van der Waals surface area contributed by atoms with Crippen LogP contribution in [0.1, 0.15) is 84.6 Å². The van der Waals surface area contributed by atoms with Gasteiger partial charge in [-0.3, -0.25) is 0 Å². The van der Waals surface area contributed by atoms with Crippen LogP contribution in [0.15, 0.2) is 156 Å². The normalized spacial score (nSPS) is 13.6. The molecule has 0 aliphatic carbocycles. The molecule has 10 rings (SSSR count). The Morgan fingerprint density at radius 3 is 1.69 bits per heavy atom. The number of hydrogen-bond acceptors (Lipinski definition) is 3.